The maximum atomic E-state index is 12.3. The molecule has 1 aliphatic heterocycles. The number of carbonyl (C=O) groups is 2. The SMILES string of the molecule is CCN(CC)C(CNC(=O)Nc1ccc(N2CCCC2=O)cc1)c1ccco1. The van der Waals surface area contributed by atoms with Gasteiger partial charge in [0.05, 0.1) is 12.3 Å². The molecule has 28 heavy (non-hydrogen) atoms. The van der Waals surface area contributed by atoms with Gasteiger partial charge < -0.3 is 20.0 Å². The van der Waals surface area contributed by atoms with E-state index in [0.29, 0.717) is 18.7 Å². The van der Waals surface area contributed by atoms with E-state index in [4.69, 9.17) is 4.42 Å². The number of furan rings is 1. The number of amides is 3. The Labute approximate surface area is 165 Å². The van der Waals surface area contributed by atoms with E-state index in [1.54, 1.807) is 11.2 Å². The normalized spacial score (nSPS) is 15.1. The number of nitrogens with one attached hydrogen (secondary N) is 2. The summed E-state index contributed by atoms with van der Waals surface area (Å²) in [5, 5.41) is 5.77. The summed E-state index contributed by atoms with van der Waals surface area (Å²) in [6.45, 7) is 7.11. The van der Waals surface area contributed by atoms with E-state index in [0.717, 1.165) is 37.5 Å². The molecule has 1 unspecified atom stereocenters. The largest absolute Gasteiger partial charge is 0.468 e. The van der Waals surface area contributed by atoms with Gasteiger partial charge in [-0.2, -0.15) is 0 Å². The fraction of sp³-hybridized carbons (Fsp3) is 0.429. The Morgan fingerprint density at radius 3 is 2.54 bits per heavy atom. The van der Waals surface area contributed by atoms with Gasteiger partial charge in [-0.1, -0.05) is 13.8 Å². The lowest BCUT2D eigenvalue weighted by molar-refractivity contribution is -0.117. The van der Waals surface area contributed by atoms with Crippen LogP contribution in [0.2, 0.25) is 0 Å². The highest BCUT2D eigenvalue weighted by Gasteiger charge is 2.22. The van der Waals surface area contributed by atoms with Crippen molar-refractivity contribution in [3.63, 3.8) is 0 Å². The number of hydrogen-bond acceptors (Lipinski definition) is 4. The second kappa shape index (κ2) is 9.41. The molecule has 2 aromatic rings. The van der Waals surface area contributed by atoms with E-state index in [-0.39, 0.29) is 18.0 Å². The van der Waals surface area contributed by atoms with Crippen molar-refractivity contribution < 1.29 is 14.0 Å². The van der Waals surface area contributed by atoms with Crippen LogP contribution in [0.15, 0.2) is 47.1 Å². The van der Waals surface area contributed by atoms with Gasteiger partial charge in [-0.15, -0.1) is 0 Å². The molecule has 1 atom stereocenters. The third-order valence-corrected chi connectivity index (χ3v) is 5.09. The highest BCUT2D eigenvalue weighted by Crippen LogP contribution is 2.23. The van der Waals surface area contributed by atoms with Crippen molar-refractivity contribution in [3.05, 3.63) is 48.4 Å². The van der Waals surface area contributed by atoms with Crippen molar-refractivity contribution in [3.8, 4) is 0 Å². The Morgan fingerprint density at radius 1 is 1.21 bits per heavy atom. The van der Waals surface area contributed by atoms with Crippen LogP contribution in [0.1, 0.15) is 38.5 Å². The Balaban J connectivity index is 1.56. The second-order valence-corrected chi connectivity index (χ2v) is 6.78. The van der Waals surface area contributed by atoms with Crippen molar-refractivity contribution in [2.75, 3.05) is 36.4 Å². The molecular weight excluding hydrogens is 356 g/mol. The molecule has 150 valence electrons. The first kappa shape index (κ1) is 19.9. The minimum atomic E-state index is -0.270. The molecule has 3 rings (SSSR count). The van der Waals surface area contributed by atoms with Gasteiger partial charge in [-0.3, -0.25) is 9.69 Å². The topological polar surface area (TPSA) is 77.8 Å². The third-order valence-electron chi connectivity index (χ3n) is 5.09. The summed E-state index contributed by atoms with van der Waals surface area (Å²) in [7, 11) is 0. The van der Waals surface area contributed by atoms with Crippen LogP contribution in [0, 0.1) is 0 Å². The molecule has 1 saturated heterocycles. The Bertz CT molecular complexity index is 769. The van der Waals surface area contributed by atoms with E-state index >= 15 is 0 Å². The maximum absolute atomic E-state index is 12.3. The molecular formula is C21H28N4O3. The van der Waals surface area contributed by atoms with Crippen LogP contribution in [0.5, 0.6) is 0 Å². The number of rotatable bonds is 8. The van der Waals surface area contributed by atoms with E-state index in [9.17, 15) is 9.59 Å². The average molecular weight is 384 g/mol. The predicted molar refractivity (Wildman–Crippen MR) is 109 cm³/mol. The van der Waals surface area contributed by atoms with Gasteiger partial charge in [0.1, 0.15) is 5.76 Å². The molecule has 1 fully saturated rings. The molecule has 1 aliphatic rings. The number of urea groups is 1. The van der Waals surface area contributed by atoms with Gasteiger partial charge in [0.2, 0.25) is 5.91 Å². The smallest absolute Gasteiger partial charge is 0.319 e. The van der Waals surface area contributed by atoms with Crippen LogP contribution in [0.25, 0.3) is 0 Å². The van der Waals surface area contributed by atoms with Crippen LogP contribution >= 0.6 is 0 Å². The summed E-state index contributed by atoms with van der Waals surface area (Å²) in [4.78, 5) is 28.2. The van der Waals surface area contributed by atoms with Crippen LogP contribution < -0.4 is 15.5 Å². The first-order valence-corrected chi connectivity index (χ1v) is 9.85. The molecule has 0 saturated carbocycles. The number of anilines is 2. The van der Waals surface area contributed by atoms with Crippen molar-refractivity contribution >= 4 is 23.3 Å². The second-order valence-electron chi connectivity index (χ2n) is 6.78. The summed E-state index contributed by atoms with van der Waals surface area (Å²) >= 11 is 0. The first-order valence-electron chi connectivity index (χ1n) is 9.85. The van der Waals surface area contributed by atoms with Crippen LogP contribution in [-0.2, 0) is 4.79 Å². The van der Waals surface area contributed by atoms with Crippen LogP contribution in [0.3, 0.4) is 0 Å². The van der Waals surface area contributed by atoms with E-state index < -0.39 is 0 Å². The molecule has 1 aromatic heterocycles. The van der Waals surface area contributed by atoms with Crippen molar-refractivity contribution in [2.24, 2.45) is 0 Å². The van der Waals surface area contributed by atoms with Crippen LogP contribution in [-0.4, -0.2) is 43.0 Å². The number of hydrogen-bond donors (Lipinski definition) is 2. The number of nitrogens with zero attached hydrogens (tertiary/aromatic N) is 2. The molecule has 0 bridgehead atoms. The summed E-state index contributed by atoms with van der Waals surface area (Å²) in [6, 6.07) is 10.9. The number of carbonyl (C=O) groups excluding carboxylic acids is 2. The third kappa shape index (κ3) is 4.72. The van der Waals surface area contributed by atoms with Gasteiger partial charge >= 0.3 is 6.03 Å². The molecule has 2 heterocycles. The van der Waals surface area contributed by atoms with Crippen molar-refractivity contribution in [1.29, 1.82) is 0 Å². The summed E-state index contributed by atoms with van der Waals surface area (Å²) in [5.41, 5.74) is 1.55. The molecule has 0 spiro atoms. The quantitative estimate of drug-likeness (QED) is 0.729. The van der Waals surface area contributed by atoms with Gasteiger partial charge in [-0.05, 0) is 55.9 Å². The summed E-state index contributed by atoms with van der Waals surface area (Å²) < 4.78 is 5.56. The summed E-state index contributed by atoms with van der Waals surface area (Å²) in [6.07, 6.45) is 3.15. The lowest BCUT2D eigenvalue weighted by atomic mass is 10.2. The average Bonchev–Trinajstić information content (AvgIpc) is 3.38. The van der Waals surface area contributed by atoms with Gasteiger partial charge in [0.25, 0.3) is 0 Å². The standard InChI is InChI=1S/C21H28N4O3/c1-3-24(4-2)18(19-7-6-14-28-19)15-22-21(27)23-16-9-11-17(12-10-16)25-13-5-8-20(25)26/h6-7,9-12,14,18H,3-5,8,13,15H2,1-2H3,(H2,22,23,27). The van der Waals surface area contributed by atoms with Gasteiger partial charge in [0.15, 0.2) is 0 Å². The van der Waals surface area contributed by atoms with Gasteiger partial charge in [-0.25, -0.2) is 4.79 Å². The molecule has 1 aromatic carbocycles. The highest BCUT2D eigenvalue weighted by molar-refractivity contribution is 5.96. The molecule has 0 radical (unpaired) electrons. The highest BCUT2D eigenvalue weighted by atomic mass is 16.3. The Hall–Kier alpha value is -2.80. The lowest BCUT2D eigenvalue weighted by Crippen LogP contribution is -2.39. The predicted octanol–water partition coefficient (Wildman–Crippen LogP) is 3.61. The first-order chi connectivity index (χ1) is 13.6. The molecule has 3 amide bonds. The maximum Gasteiger partial charge on any atom is 0.319 e. The van der Waals surface area contributed by atoms with E-state index in [1.807, 2.05) is 36.4 Å². The molecule has 7 heteroatoms. The zero-order chi connectivity index (χ0) is 19.9. The number of benzene rings is 1. The zero-order valence-corrected chi connectivity index (χ0v) is 16.5. The molecule has 0 aliphatic carbocycles. The Kier molecular flexibility index (Phi) is 6.71. The van der Waals surface area contributed by atoms with Crippen molar-refractivity contribution in [2.45, 2.75) is 32.7 Å². The van der Waals surface area contributed by atoms with Crippen LogP contribution in [0.4, 0.5) is 16.2 Å². The van der Waals surface area contributed by atoms with E-state index in [2.05, 4.69) is 29.4 Å². The van der Waals surface area contributed by atoms with Gasteiger partial charge in [0, 0.05) is 30.9 Å². The summed E-state index contributed by atoms with van der Waals surface area (Å²) in [5.74, 6) is 0.988. The van der Waals surface area contributed by atoms with Crippen molar-refractivity contribution in [1.82, 2.24) is 10.2 Å². The monoisotopic (exact) mass is 384 g/mol. The van der Waals surface area contributed by atoms with E-state index in [1.165, 1.54) is 0 Å². The Morgan fingerprint density at radius 2 is 1.96 bits per heavy atom. The molecule has 7 nitrogen and oxygen atoms in total. The fourth-order valence-corrected chi connectivity index (χ4v) is 3.57. The lowest BCUT2D eigenvalue weighted by Gasteiger charge is -2.28. The fourth-order valence-electron chi connectivity index (χ4n) is 3.57. The molecule has 2 N–H and O–H groups in total. The minimum absolute atomic E-state index is 0.0145. The minimum Gasteiger partial charge on any atom is -0.468 e. The number of likely N-dealkylation sites (N-methyl/N-ethyl adjacent to an activating group) is 1. The zero-order valence-electron chi connectivity index (χ0n) is 16.5.